The SMILES string of the molecule is CCOC(CC)c1nc(C(C)C)c(CNC(C)C)s1. The molecule has 0 aromatic carbocycles. The maximum absolute atomic E-state index is 5.78. The number of thiazole rings is 1. The molecule has 0 radical (unpaired) electrons. The number of rotatable bonds is 8. The van der Waals surface area contributed by atoms with Crippen molar-refractivity contribution < 1.29 is 4.74 Å². The predicted molar refractivity (Wildman–Crippen MR) is 82.8 cm³/mol. The highest BCUT2D eigenvalue weighted by Gasteiger charge is 2.19. The average Bonchev–Trinajstić information content (AvgIpc) is 2.77. The monoisotopic (exact) mass is 284 g/mol. The average molecular weight is 284 g/mol. The van der Waals surface area contributed by atoms with Crippen molar-refractivity contribution >= 4 is 11.3 Å². The second kappa shape index (κ2) is 7.98. The van der Waals surface area contributed by atoms with E-state index in [0.717, 1.165) is 24.6 Å². The summed E-state index contributed by atoms with van der Waals surface area (Å²) in [6.45, 7) is 14.6. The molecule has 1 aromatic heterocycles. The molecule has 0 saturated heterocycles. The Morgan fingerprint density at radius 2 is 1.89 bits per heavy atom. The van der Waals surface area contributed by atoms with Crippen LogP contribution in [-0.2, 0) is 11.3 Å². The lowest BCUT2D eigenvalue weighted by Crippen LogP contribution is -2.22. The summed E-state index contributed by atoms with van der Waals surface area (Å²) in [6, 6.07) is 0.499. The molecule has 0 saturated carbocycles. The summed E-state index contributed by atoms with van der Waals surface area (Å²) >= 11 is 1.80. The molecule has 0 aliphatic carbocycles. The molecule has 0 fully saturated rings. The fourth-order valence-electron chi connectivity index (χ4n) is 1.96. The molecule has 110 valence electrons. The first-order chi connectivity index (χ1) is 8.99. The highest BCUT2D eigenvalue weighted by Crippen LogP contribution is 2.31. The third-order valence-electron chi connectivity index (χ3n) is 2.98. The maximum Gasteiger partial charge on any atom is 0.122 e. The van der Waals surface area contributed by atoms with Crippen LogP contribution in [0.15, 0.2) is 0 Å². The van der Waals surface area contributed by atoms with Crippen LogP contribution < -0.4 is 5.32 Å². The lowest BCUT2D eigenvalue weighted by atomic mass is 10.1. The first kappa shape index (κ1) is 16.6. The van der Waals surface area contributed by atoms with Gasteiger partial charge in [0.1, 0.15) is 11.1 Å². The lowest BCUT2D eigenvalue weighted by Gasteiger charge is -2.11. The Bertz CT molecular complexity index is 374. The van der Waals surface area contributed by atoms with Crippen molar-refractivity contribution in [1.82, 2.24) is 10.3 Å². The lowest BCUT2D eigenvalue weighted by molar-refractivity contribution is 0.0595. The molecule has 0 aliphatic rings. The minimum Gasteiger partial charge on any atom is -0.371 e. The Kier molecular flexibility index (Phi) is 6.97. The molecule has 1 heterocycles. The van der Waals surface area contributed by atoms with Gasteiger partial charge in [0.15, 0.2) is 0 Å². The molecule has 1 N–H and O–H groups in total. The van der Waals surface area contributed by atoms with Crippen molar-refractivity contribution in [2.24, 2.45) is 0 Å². The van der Waals surface area contributed by atoms with E-state index in [2.05, 4.69) is 39.9 Å². The van der Waals surface area contributed by atoms with E-state index >= 15 is 0 Å². The van der Waals surface area contributed by atoms with Crippen LogP contribution in [0, 0.1) is 0 Å². The van der Waals surface area contributed by atoms with Crippen LogP contribution in [0.1, 0.15) is 75.6 Å². The fraction of sp³-hybridized carbons (Fsp3) is 0.800. The molecule has 4 heteroatoms. The van der Waals surface area contributed by atoms with Gasteiger partial charge in [-0.3, -0.25) is 0 Å². The second-order valence-corrected chi connectivity index (χ2v) is 6.52. The van der Waals surface area contributed by atoms with Crippen LogP contribution in [0.25, 0.3) is 0 Å². The quantitative estimate of drug-likeness (QED) is 0.775. The molecule has 1 rings (SSSR count). The summed E-state index contributed by atoms with van der Waals surface area (Å²) in [4.78, 5) is 6.19. The van der Waals surface area contributed by atoms with Gasteiger partial charge in [0.2, 0.25) is 0 Å². The predicted octanol–water partition coefficient (Wildman–Crippen LogP) is 4.25. The first-order valence-electron chi connectivity index (χ1n) is 7.33. The number of hydrogen-bond acceptors (Lipinski definition) is 4. The summed E-state index contributed by atoms with van der Waals surface area (Å²) < 4.78 is 5.78. The van der Waals surface area contributed by atoms with E-state index in [4.69, 9.17) is 9.72 Å². The fourth-order valence-corrected chi connectivity index (χ4v) is 3.26. The van der Waals surface area contributed by atoms with Crippen LogP contribution in [0.4, 0.5) is 0 Å². The number of nitrogens with one attached hydrogen (secondary N) is 1. The Balaban J connectivity index is 2.92. The van der Waals surface area contributed by atoms with E-state index in [1.54, 1.807) is 11.3 Å². The Hall–Kier alpha value is -0.450. The van der Waals surface area contributed by atoms with Crippen molar-refractivity contribution in [3.05, 3.63) is 15.6 Å². The van der Waals surface area contributed by atoms with Gasteiger partial charge in [-0.25, -0.2) is 4.98 Å². The molecule has 19 heavy (non-hydrogen) atoms. The van der Waals surface area contributed by atoms with Crippen molar-refractivity contribution in [1.29, 1.82) is 0 Å². The number of nitrogens with zero attached hydrogens (tertiary/aromatic N) is 1. The van der Waals surface area contributed by atoms with Crippen LogP contribution >= 0.6 is 11.3 Å². The second-order valence-electron chi connectivity index (χ2n) is 5.40. The van der Waals surface area contributed by atoms with E-state index in [0.29, 0.717) is 12.0 Å². The third-order valence-corrected chi connectivity index (χ3v) is 4.14. The Labute approximate surface area is 121 Å². The summed E-state index contributed by atoms with van der Waals surface area (Å²) in [5.74, 6) is 0.466. The summed E-state index contributed by atoms with van der Waals surface area (Å²) in [5, 5.41) is 4.62. The van der Waals surface area contributed by atoms with Crippen LogP contribution in [0.5, 0.6) is 0 Å². The van der Waals surface area contributed by atoms with E-state index < -0.39 is 0 Å². The third kappa shape index (κ3) is 4.86. The van der Waals surface area contributed by atoms with Gasteiger partial charge >= 0.3 is 0 Å². The summed E-state index contributed by atoms with van der Waals surface area (Å²) in [6.07, 6.45) is 1.14. The Morgan fingerprint density at radius 3 is 2.37 bits per heavy atom. The van der Waals surface area contributed by atoms with Gasteiger partial charge in [0.25, 0.3) is 0 Å². The molecule has 3 nitrogen and oxygen atoms in total. The van der Waals surface area contributed by atoms with Crippen molar-refractivity contribution in [2.45, 2.75) is 72.6 Å². The van der Waals surface area contributed by atoms with Crippen LogP contribution in [0.3, 0.4) is 0 Å². The van der Waals surface area contributed by atoms with Crippen LogP contribution in [0.2, 0.25) is 0 Å². The molecular weight excluding hydrogens is 256 g/mol. The van der Waals surface area contributed by atoms with E-state index in [9.17, 15) is 0 Å². The smallest absolute Gasteiger partial charge is 0.122 e. The zero-order chi connectivity index (χ0) is 14.4. The highest BCUT2D eigenvalue weighted by atomic mass is 32.1. The van der Waals surface area contributed by atoms with E-state index in [-0.39, 0.29) is 6.10 Å². The Morgan fingerprint density at radius 1 is 1.21 bits per heavy atom. The molecule has 1 aromatic rings. The molecule has 1 atom stereocenters. The van der Waals surface area contributed by atoms with Crippen molar-refractivity contribution in [2.75, 3.05) is 6.61 Å². The van der Waals surface area contributed by atoms with Crippen molar-refractivity contribution in [3.63, 3.8) is 0 Å². The molecule has 0 amide bonds. The first-order valence-corrected chi connectivity index (χ1v) is 8.15. The summed E-state index contributed by atoms with van der Waals surface area (Å²) in [7, 11) is 0. The maximum atomic E-state index is 5.78. The molecule has 0 aliphatic heterocycles. The minimum absolute atomic E-state index is 0.153. The van der Waals surface area contributed by atoms with Gasteiger partial charge < -0.3 is 10.1 Å². The molecular formula is C15H28N2OS. The van der Waals surface area contributed by atoms with E-state index in [1.807, 2.05) is 6.92 Å². The van der Waals surface area contributed by atoms with Gasteiger partial charge in [-0.1, -0.05) is 34.6 Å². The number of hydrogen-bond donors (Lipinski definition) is 1. The topological polar surface area (TPSA) is 34.1 Å². The van der Waals surface area contributed by atoms with Gasteiger partial charge in [0, 0.05) is 24.1 Å². The van der Waals surface area contributed by atoms with Gasteiger partial charge in [-0.2, -0.15) is 0 Å². The normalized spacial score (nSPS) is 13.5. The number of aromatic nitrogens is 1. The number of ether oxygens (including phenoxy) is 1. The van der Waals surface area contributed by atoms with E-state index in [1.165, 1.54) is 10.6 Å². The largest absolute Gasteiger partial charge is 0.371 e. The minimum atomic E-state index is 0.153. The van der Waals surface area contributed by atoms with Gasteiger partial charge in [0.05, 0.1) is 5.69 Å². The summed E-state index contributed by atoms with van der Waals surface area (Å²) in [5.41, 5.74) is 1.23. The standard InChI is InChI=1S/C15H28N2OS/c1-7-12(18-8-2)15-17-14(10(3)4)13(19-15)9-16-11(5)6/h10-12,16H,7-9H2,1-6H3. The molecule has 0 bridgehead atoms. The zero-order valence-corrected chi connectivity index (χ0v) is 13.9. The zero-order valence-electron chi connectivity index (χ0n) is 13.1. The molecule has 0 spiro atoms. The molecule has 1 unspecified atom stereocenters. The van der Waals surface area contributed by atoms with Gasteiger partial charge in [-0.15, -0.1) is 11.3 Å². The van der Waals surface area contributed by atoms with Gasteiger partial charge in [-0.05, 0) is 19.3 Å². The van der Waals surface area contributed by atoms with Crippen LogP contribution in [-0.4, -0.2) is 17.6 Å². The van der Waals surface area contributed by atoms with Crippen molar-refractivity contribution in [3.8, 4) is 0 Å². The highest BCUT2D eigenvalue weighted by molar-refractivity contribution is 7.11.